The highest BCUT2D eigenvalue weighted by molar-refractivity contribution is 7.80. The van der Waals surface area contributed by atoms with Gasteiger partial charge in [0, 0.05) is 0 Å². The van der Waals surface area contributed by atoms with Crippen LogP contribution in [0.2, 0.25) is 0 Å². The van der Waals surface area contributed by atoms with Gasteiger partial charge in [0.15, 0.2) is 0 Å². The molecule has 0 fully saturated rings. The highest BCUT2D eigenvalue weighted by atomic mass is 32.1. The number of hydrogen-bond donors (Lipinski definition) is 1. The van der Waals surface area contributed by atoms with Crippen molar-refractivity contribution >= 4 is 17.2 Å². The Kier molecular flexibility index (Phi) is 4.94. The summed E-state index contributed by atoms with van der Waals surface area (Å²) in [6, 6.07) is 11.1. The van der Waals surface area contributed by atoms with Crippen LogP contribution in [-0.2, 0) is 11.3 Å². The van der Waals surface area contributed by atoms with Crippen LogP contribution in [0.1, 0.15) is 11.3 Å². The molecule has 100 valence electrons. The maximum absolute atomic E-state index is 5.62. The summed E-state index contributed by atoms with van der Waals surface area (Å²) in [5.74, 6) is 1.47. The molecule has 0 aliphatic heterocycles. The van der Waals surface area contributed by atoms with Gasteiger partial charge >= 0.3 is 0 Å². The minimum Gasteiger partial charge on any atom is -0.490 e. The Hall–Kier alpha value is -1.85. The molecule has 19 heavy (non-hydrogen) atoms. The quantitative estimate of drug-likeness (QED) is 0.622. The summed E-state index contributed by atoms with van der Waals surface area (Å²) >= 11 is 4.96. The van der Waals surface area contributed by atoms with Gasteiger partial charge in [0.2, 0.25) is 0 Å². The van der Waals surface area contributed by atoms with E-state index in [-0.39, 0.29) is 0 Å². The highest BCUT2D eigenvalue weighted by Crippen LogP contribution is 2.17. The lowest BCUT2D eigenvalue weighted by molar-refractivity contribution is 0.0781. The number of thiocarbonyl (C=S) groups is 1. The molecule has 1 aromatic carbocycles. The van der Waals surface area contributed by atoms with Gasteiger partial charge in [-0.1, -0.05) is 24.4 Å². The lowest BCUT2D eigenvalue weighted by Crippen LogP contribution is -2.13. The van der Waals surface area contributed by atoms with E-state index < -0.39 is 0 Å². The minimum absolute atomic E-state index is 0.326. The molecule has 0 bridgehead atoms. The first-order valence-corrected chi connectivity index (χ1v) is 6.30. The van der Waals surface area contributed by atoms with Crippen molar-refractivity contribution in [2.75, 3.05) is 13.2 Å². The van der Waals surface area contributed by atoms with Crippen LogP contribution >= 0.6 is 12.2 Å². The molecule has 0 aliphatic carbocycles. The van der Waals surface area contributed by atoms with Crippen LogP contribution in [-0.4, -0.2) is 18.2 Å². The molecule has 1 heterocycles. The van der Waals surface area contributed by atoms with E-state index in [1.807, 2.05) is 36.4 Å². The van der Waals surface area contributed by atoms with Gasteiger partial charge in [-0.05, 0) is 24.3 Å². The third-order valence-corrected chi connectivity index (χ3v) is 2.68. The molecule has 0 amide bonds. The van der Waals surface area contributed by atoms with Gasteiger partial charge in [0.05, 0.1) is 18.4 Å². The standard InChI is InChI=1S/C14H15NO3S/c15-14(19)12-5-1-2-6-13(12)18-9-8-16-10-11-4-3-7-17-11/h1-7H,8-10H2,(H2,15,19). The third kappa shape index (κ3) is 4.08. The van der Waals surface area contributed by atoms with Crippen LogP contribution in [0.4, 0.5) is 0 Å². The van der Waals surface area contributed by atoms with Crippen LogP contribution in [0.15, 0.2) is 47.1 Å². The van der Waals surface area contributed by atoms with Crippen molar-refractivity contribution in [2.45, 2.75) is 6.61 Å². The summed E-state index contributed by atoms with van der Waals surface area (Å²) in [6.45, 7) is 1.33. The number of rotatable bonds is 7. The molecule has 0 radical (unpaired) electrons. The summed E-state index contributed by atoms with van der Waals surface area (Å²) in [5, 5.41) is 0. The van der Waals surface area contributed by atoms with Crippen LogP contribution in [0, 0.1) is 0 Å². The molecular weight excluding hydrogens is 262 g/mol. The van der Waals surface area contributed by atoms with Gasteiger partial charge in [0.25, 0.3) is 0 Å². The highest BCUT2D eigenvalue weighted by Gasteiger charge is 2.05. The first-order chi connectivity index (χ1) is 9.27. The molecule has 1 aromatic heterocycles. The normalized spacial score (nSPS) is 10.3. The first-order valence-electron chi connectivity index (χ1n) is 5.89. The summed E-state index contributed by atoms with van der Waals surface area (Å²) in [7, 11) is 0. The predicted octanol–water partition coefficient (Wildman–Crippen LogP) is 2.51. The fourth-order valence-corrected chi connectivity index (χ4v) is 1.74. The fraction of sp³-hybridized carbons (Fsp3) is 0.214. The number of benzene rings is 1. The second-order valence-corrected chi connectivity index (χ2v) is 4.28. The first kappa shape index (κ1) is 13.6. The Morgan fingerprint density at radius 2 is 2.00 bits per heavy atom. The average molecular weight is 277 g/mol. The van der Waals surface area contributed by atoms with Crippen LogP contribution in [0.3, 0.4) is 0 Å². The number of hydrogen-bond acceptors (Lipinski definition) is 4. The van der Waals surface area contributed by atoms with Crippen molar-refractivity contribution in [2.24, 2.45) is 5.73 Å². The lowest BCUT2D eigenvalue weighted by atomic mass is 10.2. The molecule has 0 unspecified atom stereocenters. The SMILES string of the molecule is NC(=S)c1ccccc1OCCOCc1ccco1. The fourth-order valence-electron chi connectivity index (χ4n) is 1.57. The van der Waals surface area contributed by atoms with E-state index in [0.717, 1.165) is 11.3 Å². The van der Waals surface area contributed by atoms with Crippen molar-refractivity contribution in [3.8, 4) is 5.75 Å². The Morgan fingerprint density at radius 1 is 1.16 bits per heavy atom. The van der Waals surface area contributed by atoms with Crippen molar-refractivity contribution < 1.29 is 13.9 Å². The van der Waals surface area contributed by atoms with Crippen molar-refractivity contribution in [3.63, 3.8) is 0 Å². The van der Waals surface area contributed by atoms with E-state index in [2.05, 4.69) is 0 Å². The van der Waals surface area contributed by atoms with Crippen LogP contribution in [0.25, 0.3) is 0 Å². The van der Waals surface area contributed by atoms with Gasteiger partial charge in [-0.15, -0.1) is 0 Å². The Labute approximate surface area is 117 Å². The van der Waals surface area contributed by atoms with E-state index in [4.69, 9.17) is 31.8 Å². The second kappa shape index (κ2) is 6.92. The zero-order valence-corrected chi connectivity index (χ0v) is 11.2. The van der Waals surface area contributed by atoms with Crippen LogP contribution in [0.5, 0.6) is 5.75 Å². The van der Waals surface area contributed by atoms with Gasteiger partial charge in [-0.25, -0.2) is 0 Å². The van der Waals surface area contributed by atoms with Crippen LogP contribution < -0.4 is 10.5 Å². The topological polar surface area (TPSA) is 57.6 Å². The van der Waals surface area contributed by atoms with Crippen molar-refractivity contribution in [1.29, 1.82) is 0 Å². The molecule has 2 aromatic rings. The zero-order valence-electron chi connectivity index (χ0n) is 10.4. The van der Waals surface area contributed by atoms with Gasteiger partial charge < -0.3 is 19.6 Å². The summed E-state index contributed by atoms with van der Waals surface area (Å²) in [6.07, 6.45) is 1.62. The molecule has 0 atom stereocenters. The molecule has 5 heteroatoms. The molecule has 0 saturated carbocycles. The molecule has 2 rings (SSSR count). The minimum atomic E-state index is 0.326. The smallest absolute Gasteiger partial charge is 0.129 e. The Morgan fingerprint density at radius 3 is 2.74 bits per heavy atom. The van der Waals surface area contributed by atoms with E-state index in [1.54, 1.807) is 6.26 Å². The second-order valence-electron chi connectivity index (χ2n) is 3.84. The van der Waals surface area contributed by atoms with Gasteiger partial charge in [-0.3, -0.25) is 0 Å². The lowest BCUT2D eigenvalue weighted by Gasteiger charge is -2.10. The number of para-hydroxylation sites is 1. The zero-order chi connectivity index (χ0) is 13.5. The maximum atomic E-state index is 5.62. The number of ether oxygens (including phenoxy) is 2. The largest absolute Gasteiger partial charge is 0.490 e. The molecule has 0 spiro atoms. The summed E-state index contributed by atoms with van der Waals surface area (Å²) < 4.78 is 16.2. The predicted molar refractivity (Wildman–Crippen MR) is 76.2 cm³/mol. The van der Waals surface area contributed by atoms with Gasteiger partial charge in [-0.2, -0.15) is 0 Å². The Balaban J connectivity index is 1.75. The van der Waals surface area contributed by atoms with Gasteiger partial charge in [0.1, 0.15) is 29.7 Å². The van der Waals surface area contributed by atoms with E-state index in [9.17, 15) is 0 Å². The van der Waals surface area contributed by atoms with E-state index in [1.165, 1.54) is 0 Å². The van der Waals surface area contributed by atoms with Crippen molar-refractivity contribution in [3.05, 3.63) is 54.0 Å². The maximum Gasteiger partial charge on any atom is 0.129 e. The number of furan rings is 1. The average Bonchev–Trinajstić information content (AvgIpc) is 2.92. The third-order valence-electron chi connectivity index (χ3n) is 2.46. The summed E-state index contributed by atoms with van der Waals surface area (Å²) in [4.78, 5) is 0.326. The van der Waals surface area contributed by atoms with E-state index >= 15 is 0 Å². The van der Waals surface area contributed by atoms with E-state index in [0.29, 0.717) is 30.6 Å². The summed E-state index contributed by atoms with van der Waals surface area (Å²) in [5.41, 5.74) is 6.36. The number of nitrogens with two attached hydrogens (primary N) is 1. The molecule has 0 saturated heterocycles. The molecule has 0 aliphatic rings. The molecular formula is C14H15NO3S. The molecule has 4 nitrogen and oxygen atoms in total. The monoisotopic (exact) mass is 277 g/mol. The molecule has 2 N–H and O–H groups in total. The van der Waals surface area contributed by atoms with Crippen molar-refractivity contribution in [1.82, 2.24) is 0 Å². The Bertz CT molecular complexity index is 525.